The number of alkyl halides is 1. The summed E-state index contributed by atoms with van der Waals surface area (Å²) in [5, 5.41) is 3.40. The molecular formula is C9H18ClNO2. The molecule has 13 heavy (non-hydrogen) atoms. The molecule has 0 saturated heterocycles. The molecule has 0 unspecified atom stereocenters. The zero-order chi connectivity index (χ0) is 9.57. The largest absolute Gasteiger partial charge is 0.382 e. The van der Waals surface area contributed by atoms with Crippen molar-refractivity contribution >= 4 is 11.6 Å². The van der Waals surface area contributed by atoms with Crippen molar-refractivity contribution < 1.29 is 9.47 Å². The monoisotopic (exact) mass is 207 g/mol. The van der Waals surface area contributed by atoms with E-state index in [4.69, 9.17) is 21.1 Å². The minimum absolute atomic E-state index is 0.242. The number of halogens is 1. The van der Waals surface area contributed by atoms with E-state index in [1.54, 1.807) is 7.11 Å². The first-order chi connectivity index (χ1) is 6.33. The molecule has 0 aromatic carbocycles. The van der Waals surface area contributed by atoms with Crippen molar-refractivity contribution in [2.45, 2.75) is 18.4 Å². The molecular weight excluding hydrogens is 190 g/mol. The van der Waals surface area contributed by atoms with E-state index in [2.05, 4.69) is 5.32 Å². The summed E-state index contributed by atoms with van der Waals surface area (Å²) in [7, 11) is 1.67. The lowest BCUT2D eigenvalue weighted by Gasteiger charge is -2.13. The third-order valence-electron chi connectivity index (χ3n) is 2.29. The van der Waals surface area contributed by atoms with Gasteiger partial charge in [0.1, 0.15) is 0 Å². The predicted molar refractivity (Wildman–Crippen MR) is 53.4 cm³/mol. The smallest absolute Gasteiger partial charge is 0.0700 e. The summed E-state index contributed by atoms with van der Waals surface area (Å²) >= 11 is 5.79. The van der Waals surface area contributed by atoms with Crippen molar-refractivity contribution in [2.75, 3.05) is 39.4 Å². The molecule has 0 spiro atoms. The number of ether oxygens (including phenoxy) is 2. The zero-order valence-corrected chi connectivity index (χ0v) is 8.90. The van der Waals surface area contributed by atoms with Crippen LogP contribution in [0.15, 0.2) is 0 Å². The molecule has 0 aromatic rings. The topological polar surface area (TPSA) is 30.5 Å². The highest BCUT2D eigenvalue weighted by Gasteiger charge is 2.40. The normalized spacial score (nSPS) is 18.9. The molecule has 0 amide bonds. The average molecular weight is 208 g/mol. The molecule has 0 aliphatic heterocycles. The minimum atomic E-state index is 0.242. The van der Waals surface area contributed by atoms with E-state index in [1.807, 2.05) is 0 Å². The number of nitrogens with one attached hydrogen (secondary N) is 1. The SMILES string of the molecule is COCCOCCNC1(CCl)CC1. The minimum Gasteiger partial charge on any atom is -0.382 e. The van der Waals surface area contributed by atoms with Gasteiger partial charge in [0, 0.05) is 25.1 Å². The van der Waals surface area contributed by atoms with Crippen LogP contribution in [0.4, 0.5) is 0 Å². The molecule has 78 valence electrons. The van der Waals surface area contributed by atoms with E-state index in [0.717, 1.165) is 13.2 Å². The summed E-state index contributed by atoms with van der Waals surface area (Å²) in [5.41, 5.74) is 0.242. The Kier molecular flexibility index (Phi) is 5.02. The van der Waals surface area contributed by atoms with Crippen LogP contribution in [0.2, 0.25) is 0 Å². The third kappa shape index (κ3) is 4.27. The molecule has 1 aliphatic carbocycles. The van der Waals surface area contributed by atoms with Gasteiger partial charge in [-0.3, -0.25) is 0 Å². The van der Waals surface area contributed by atoms with Gasteiger partial charge < -0.3 is 14.8 Å². The molecule has 3 nitrogen and oxygen atoms in total. The zero-order valence-electron chi connectivity index (χ0n) is 8.14. The van der Waals surface area contributed by atoms with Gasteiger partial charge in [0.25, 0.3) is 0 Å². The van der Waals surface area contributed by atoms with Crippen LogP contribution in [0.3, 0.4) is 0 Å². The van der Waals surface area contributed by atoms with Crippen molar-refractivity contribution in [2.24, 2.45) is 0 Å². The lowest BCUT2D eigenvalue weighted by Crippen LogP contribution is -2.35. The fourth-order valence-corrected chi connectivity index (χ4v) is 1.50. The van der Waals surface area contributed by atoms with Gasteiger partial charge in [-0.25, -0.2) is 0 Å². The standard InChI is InChI=1S/C9H18ClNO2/c1-12-6-7-13-5-4-11-9(8-10)2-3-9/h11H,2-8H2,1H3. The first kappa shape index (κ1) is 11.2. The maximum Gasteiger partial charge on any atom is 0.0700 e. The summed E-state index contributed by atoms with van der Waals surface area (Å²) in [6, 6.07) is 0. The van der Waals surface area contributed by atoms with Crippen molar-refractivity contribution in [3.8, 4) is 0 Å². The van der Waals surface area contributed by atoms with Crippen LogP contribution in [0.5, 0.6) is 0 Å². The molecule has 1 N–H and O–H groups in total. The molecule has 0 bridgehead atoms. The maximum atomic E-state index is 5.79. The van der Waals surface area contributed by atoms with E-state index in [0.29, 0.717) is 19.1 Å². The van der Waals surface area contributed by atoms with Gasteiger partial charge in [0.15, 0.2) is 0 Å². The summed E-state index contributed by atoms with van der Waals surface area (Å²) < 4.78 is 10.2. The molecule has 1 rings (SSSR count). The Bertz CT molecular complexity index is 140. The van der Waals surface area contributed by atoms with Crippen molar-refractivity contribution in [3.63, 3.8) is 0 Å². The first-order valence-electron chi connectivity index (χ1n) is 4.71. The highest BCUT2D eigenvalue weighted by atomic mass is 35.5. The molecule has 0 heterocycles. The fourth-order valence-electron chi connectivity index (χ4n) is 1.14. The third-order valence-corrected chi connectivity index (χ3v) is 2.80. The molecule has 4 heteroatoms. The van der Waals surface area contributed by atoms with Gasteiger partial charge in [-0.15, -0.1) is 11.6 Å². The number of rotatable bonds is 8. The Morgan fingerprint density at radius 3 is 2.62 bits per heavy atom. The van der Waals surface area contributed by atoms with Gasteiger partial charge in [-0.1, -0.05) is 0 Å². The first-order valence-corrected chi connectivity index (χ1v) is 5.24. The second kappa shape index (κ2) is 5.81. The Labute approximate surface area is 84.7 Å². The maximum absolute atomic E-state index is 5.79. The molecule has 1 saturated carbocycles. The van der Waals surface area contributed by atoms with Crippen molar-refractivity contribution in [1.29, 1.82) is 0 Å². The van der Waals surface area contributed by atoms with Crippen molar-refractivity contribution in [3.05, 3.63) is 0 Å². The van der Waals surface area contributed by atoms with E-state index >= 15 is 0 Å². The van der Waals surface area contributed by atoms with Gasteiger partial charge >= 0.3 is 0 Å². The Balaban J connectivity index is 1.84. The number of methoxy groups -OCH3 is 1. The van der Waals surface area contributed by atoms with E-state index < -0.39 is 0 Å². The molecule has 1 fully saturated rings. The van der Waals surface area contributed by atoms with Gasteiger partial charge in [0.2, 0.25) is 0 Å². The number of hydrogen-bond donors (Lipinski definition) is 1. The average Bonchev–Trinajstić information content (AvgIpc) is 2.92. The fraction of sp³-hybridized carbons (Fsp3) is 1.00. The summed E-state index contributed by atoms with van der Waals surface area (Å²) in [6.07, 6.45) is 2.41. The van der Waals surface area contributed by atoms with Gasteiger partial charge in [-0.2, -0.15) is 0 Å². The highest BCUT2D eigenvalue weighted by molar-refractivity contribution is 6.18. The highest BCUT2D eigenvalue weighted by Crippen LogP contribution is 2.35. The van der Waals surface area contributed by atoms with Crippen LogP contribution in [-0.4, -0.2) is 44.9 Å². The van der Waals surface area contributed by atoms with E-state index in [9.17, 15) is 0 Å². The summed E-state index contributed by atoms with van der Waals surface area (Å²) in [4.78, 5) is 0. The Morgan fingerprint density at radius 1 is 1.31 bits per heavy atom. The Morgan fingerprint density at radius 2 is 2.08 bits per heavy atom. The lowest BCUT2D eigenvalue weighted by atomic mass is 10.3. The summed E-state index contributed by atoms with van der Waals surface area (Å²) in [5.74, 6) is 0.713. The Hall–Kier alpha value is 0.170. The van der Waals surface area contributed by atoms with Crippen molar-refractivity contribution in [1.82, 2.24) is 5.32 Å². The van der Waals surface area contributed by atoms with Crippen LogP contribution in [0.1, 0.15) is 12.8 Å². The quantitative estimate of drug-likeness (QED) is 0.476. The second-order valence-electron chi connectivity index (χ2n) is 3.45. The molecule has 0 aromatic heterocycles. The number of hydrogen-bond acceptors (Lipinski definition) is 3. The second-order valence-corrected chi connectivity index (χ2v) is 3.71. The van der Waals surface area contributed by atoms with Crippen LogP contribution in [-0.2, 0) is 9.47 Å². The van der Waals surface area contributed by atoms with Gasteiger partial charge in [0.05, 0.1) is 19.8 Å². The predicted octanol–water partition coefficient (Wildman–Crippen LogP) is 1.01. The molecule has 0 radical (unpaired) electrons. The van der Waals surface area contributed by atoms with Crippen LogP contribution >= 0.6 is 11.6 Å². The summed E-state index contributed by atoms with van der Waals surface area (Å²) in [6.45, 7) is 2.96. The lowest BCUT2D eigenvalue weighted by molar-refractivity contribution is 0.0710. The molecule has 1 aliphatic rings. The van der Waals surface area contributed by atoms with Gasteiger partial charge in [-0.05, 0) is 12.8 Å². The van der Waals surface area contributed by atoms with E-state index in [-0.39, 0.29) is 5.54 Å². The van der Waals surface area contributed by atoms with Crippen LogP contribution in [0.25, 0.3) is 0 Å². The van der Waals surface area contributed by atoms with Crippen LogP contribution < -0.4 is 5.32 Å². The molecule has 0 atom stereocenters. The van der Waals surface area contributed by atoms with Crippen LogP contribution in [0, 0.1) is 0 Å². The van der Waals surface area contributed by atoms with E-state index in [1.165, 1.54) is 12.8 Å².